The van der Waals surface area contributed by atoms with E-state index in [9.17, 15) is 0 Å². The van der Waals surface area contributed by atoms with Crippen LogP contribution >= 0.6 is 0 Å². The summed E-state index contributed by atoms with van der Waals surface area (Å²) >= 11 is 0. The second-order valence-electron chi connectivity index (χ2n) is 4.16. The van der Waals surface area contributed by atoms with Crippen LogP contribution in [-0.4, -0.2) is 28.6 Å². The third-order valence-electron chi connectivity index (χ3n) is 2.90. The van der Waals surface area contributed by atoms with Crippen LogP contribution in [0.3, 0.4) is 0 Å². The molecule has 17 heavy (non-hydrogen) atoms. The Morgan fingerprint density at radius 2 is 2.24 bits per heavy atom. The first-order valence-corrected chi connectivity index (χ1v) is 5.82. The fourth-order valence-corrected chi connectivity index (χ4v) is 2.01. The Kier molecular flexibility index (Phi) is 3.76. The van der Waals surface area contributed by atoms with Crippen LogP contribution < -0.4 is 0 Å². The van der Waals surface area contributed by atoms with E-state index in [1.165, 1.54) is 0 Å². The molecule has 0 aliphatic carbocycles. The average molecular weight is 234 g/mol. The summed E-state index contributed by atoms with van der Waals surface area (Å²) in [6.07, 6.45) is 0.941. The minimum Gasteiger partial charge on any atom is -0.392 e. The Balaban J connectivity index is 2.34. The summed E-state index contributed by atoms with van der Waals surface area (Å²) in [7, 11) is 1.70. The lowest BCUT2D eigenvalue weighted by molar-refractivity contribution is 0.189. The van der Waals surface area contributed by atoms with Crippen LogP contribution in [0.25, 0.3) is 10.9 Å². The maximum Gasteiger partial charge on any atom is 0.0688 e. The van der Waals surface area contributed by atoms with Gasteiger partial charge in [-0.2, -0.15) is 5.10 Å². The number of ether oxygens (including phenoxy) is 1. The van der Waals surface area contributed by atoms with Crippen LogP contribution in [0.1, 0.15) is 17.7 Å². The fourth-order valence-electron chi connectivity index (χ4n) is 2.01. The van der Waals surface area contributed by atoms with Gasteiger partial charge in [-0.3, -0.25) is 4.68 Å². The van der Waals surface area contributed by atoms with Crippen molar-refractivity contribution in [2.24, 2.45) is 0 Å². The van der Waals surface area contributed by atoms with Crippen LogP contribution in [0.5, 0.6) is 0 Å². The molecule has 2 aromatic rings. The van der Waals surface area contributed by atoms with Gasteiger partial charge in [-0.05, 0) is 25.0 Å². The van der Waals surface area contributed by atoms with Gasteiger partial charge in [0.1, 0.15) is 0 Å². The molecule has 1 aromatic carbocycles. The molecular weight excluding hydrogens is 216 g/mol. The lowest BCUT2D eigenvalue weighted by atomic mass is 10.1. The molecule has 2 rings (SSSR count). The van der Waals surface area contributed by atoms with Gasteiger partial charge in [0.25, 0.3) is 0 Å². The van der Waals surface area contributed by atoms with Crippen molar-refractivity contribution >= 4 is 10.9 Å². The van der Waals surface area contributed by atoms with Crippen molar-refractivity contribution in [3.05, 3.63) is 29.5 Å². The average Bonchev–Trinajstić information content (AvgIpc) is 2.66. The fraction of sp³-hybridized carbons (Fsp3) is 0.462. The summed E-state index contributed by atoms with van der Waals surface area (Å²) in [5, 5.41) is 14.8. The second kappa shape index (κ2) is 5.29. The number of nitrogens with zero attached hydrogens (tertiary/aromatic N) is 2. The maximum absolute atomic E-state index is 9.16. The largest absolute Gasteiger partial charge is 0.392 e. The first kappa shape index (κ1) is 12.1. The molecule has 0 aliphatic rings. The molecular formula is C13H18N2O2. The van der Waals surface area contributed by atoms with Crippen molar-refractivity contribution in [3.63, 3.8) is 0 Å². The van der Waals surface area contributed by atoms with Crippen molar-refractivity contribution in [1.82, 2.24) is 9.78 Å². The number of hydrogen-bond donors (Lipinski definition) is 1. The van der Waals surface area contributed by atoms with E-state index >= 15 is 0 Å². The molecule has 4 heteroatoms. The highest BCUT2D eigenvalue weighted by Crippen LogP contribution is 2.20. The normalized spacial score (nSPS) is 11.2. The van der Waals surface area contributed by atoms with E-state index in [0.717, 1.165) is 41.7 Å². The summed E-state index contributed by atoms with van der Waals surface area (Å²) in [4.78, 5) is 0. The van der Waals surface area contributed by atoms with E-state index in [0.29, 0.717) is 0 Å². The van der Waals surface area contributed by atoms with Crippen LogP contribution in [0.15, 0.2) is 18.2 Å². The number of aliphatic hydroxyl groups excluding tert-OH is 1. The van der Waals surface area contributed by atoms with Crippen molar-refractivity contribution in [2.45, 2.75) is 26.5 Å². The summed E-state index contributed by atoms with van der Waals surface area (Å²) in [6, 6.07) is 5.97. The number of aliphatic hydroxyl groups is 1. The number of methoxy groups -OCH3 is 1. The van der Waals surface area contributed by atoms with Gasteiger partial charge in [0, 0.05) is 25.6 Å². The zero-order valence-corrected chi connectivity index (χ0v) is 10.3. The van der Waals surface area contributed by atoms with Crippen LogP contribution in [0.2, 0.25) is 0 Å². The Morgan fingerprint density at radius 1 is 1.41 bits per heavy atom. The molecule has 0 radical (unpaired) electrons. The first-order chi connectivity index (χ1) is 8.26. The van der Waals surface area contributed by atoms with Gasteiger partial charge in [0.05, 0.1) is 17.8 Å². The molecule has 0 atom stereocenters. The molecule has 0 amide bonds. The van der Waals surface area contributed by atoms with E-state index in [2.05, 4.69) is 5.10 Å². The lowest BCUT2D eigenvalue weighted by Gasteiger charge is -2.04. The van der Waals surface area contributed by atoms with Gasteiger partial charge in [-0.25, -0.2) is 0 Å². The number of rotatable bonds is 5. The molecule has 0 spiro atoms. The maximum atomic E-state index is 9.16. The van der Waals surface area contributed by atoms with Crippen molar-refractivity contribution < 1.29 is 9.84 Å². The minimum atomic E-state index is 0.0677. The van der Waals surface area contributed by atoms with E-state index in [1.54, 1.807) is 7.11 Å². The van der Waals surface area contributed by atoms with Gasteiger partial charge in [0.15, 0.2) is 0 Å². The van der Waals surface area contributed by atoms with Crippen LogP contribution in [0, 0.1) is 6.92 Å². The third kappa shape index (κ3) is 2.48. The Hall–Kier alpha value is -1.39. The molecule has 0 aliphatic heterocycles. The first-order valence-electron chi connectivity index (χ1n) is 5.82. The SMILES string of the molecule is COCCCn1nc(C)c2ccc(CO)cc21. The number of fused-ring (bicyclic) bond motifs is 1. The standard InChI is InChI=1S/C13H18N2O2/c1-10-12-5-4-11(9-16)8-13(12)15(14-10)6-3-7-17-2/h4-5,8,16H,3,6-7,9H2,1-2H3. The number of aryl methyl sites for hydroxylation is 2. The van der Waals surface area contributed by atoms with Crippen molar-refractivity contribution in [1.29, 1.82) is 0 Å². The minimum absolute atomic E-state index is 0.0677. The molecule has 0 saturated heterocycles. The van der Waals surface area contributed by atoms with Crippen LogP contribution in [-0.2, 0) is 17.9 Å². The van der Waals surface area contributed by atoms with Gasteiger partial charge in [-0.1, -0.05) is 12.1 Å². The molecule has 0 unspecified atom stereocenters. The number of aromatic nitrogens is 2. The topological polar surface area (TPSA) is 47.3 Å². The van der Waals surface area contributed by atoms with E-state index in [4.69, 9.17) is 9.84 Å². The summed E-state index contributed by atoms with van der Waals surface area (Å²) in [5.74, 6) is 0. The highest BCUT2D eigenvalue weighted by atomic mass is 16.5. The monoisotopic (exact) mass is 234 g/mol. The highest BCUT2D eigenvalue weighted by molar-refractivity contribution is 5.82. The molecule has 1 N–H and O–H groups in total. The van der Waals surface area contributed by atoms with E-state index in [-0.39, 0.29) is 6.61 Å². The molecule has 92 valence electrons. The van der Waals surface area contributed by atoms with Gasteiger partial charge >= 0.3 is 0 Å². The van der Waals surface area contributed by atoms with Gasteiger partial charge < -0.3 is 9.84 Å². The Morgan fingerprint density at radius 3 is 2.94 bits per heavy atom. The van der Waals surface area contributed by atoms with E-state index < -0.39 is 0 Å². The van der Waals surface area contributed by atoms with Gasteiger partial charge in [0.2, 0.25) is 0 Å². The van der Waals surface area contributed by atoms with Gasteiger partial charge in [-0.15, -0.1) is 0 Å². The molecule has 0 fully saturated rings. The van der Waals surface area contributed by atoms with Crippen molar-refractivity contribution in [3.8, 4) is 0 Å². The van der Waals surface area contributed by atoms with Crippen molar-refractivity contribution in [2.75, 3.05) is 13.7 Å². The predicted octanol–water partition coefficient (Wildman–Crippen LogP) is 1.87. The quantitative estimate of drug-likeness (QED) is 0.803. The zero-order chi connectivity index (χ0) is 12.3. The lowest BCUT2D eigenvalue weighted by Crippen LogP contribution is -2.03. The third-order valence-corrected chi connectivity index (χ3v) is 2.90. The molecule has 0 saturated carbocycles. The molecule has 4 nitrogen and oxygen atoms in total. The summed E-state index contributed by atoms with van der Waals surface area (Å²) in [5.41, 5.74) is 3.04. The summed E-state index contributed by atoms with van der Waals surface area (Å²) in [6.45, 7) is 3.65. The Bertz CT molecular complexity index is 505. The molecule has 1 heterocycles. The molecule has 1 aromatic heterocycles. The highest BCUT2D eigenvalue weighted by Gasteiger charge is 2.07. The zero-order valence-electron chi connectivity index (χ0n) is 10.3. The van der Waals surface area contributed by atoms with E-state index in [1.807, 2.05) is 29.8 Å². The van der Waals surface area contributed by atoms with Crippen LogP contribution in [0.4, 0.5) is 0 Å². The number of benzene rings is 1. The number of hydrogen-bond acceptors (Lipinski definition) is 3. The summed E-state index contributed by atoms with van der Waals surface area (Å²) < 4.78 is 7.04. The molecule has 0 bridgehead atoms. The second-order valence-corrected chi connectivity index (χ2v) is 4.16. The predicted molar refractivity (Wildman–Crippen MR) is 66.9 cm³/mol. The Labute approximate surface area is 101 Å². The smallest absolute Gasteiger partial charge is 0.0688 e.